The maximum absolute atomic E-state index is 5.85. The van der Waals surface area contributed by atoms with Gasteiger partial charge in [-0.15, -0.1) is 11.3 Å². The minimum absolute atomic E-state index is 0.318. The van der Waals surface area contributed by atoms with E-state index in [1.54, 1.807) is 11.3 Å². The molecule has 6 rings (SSSR count). The Morgan fingerprint density at radius 3 is 2.40 bits per heavy atom. The van der Waals surface area contributed by atoms with Gasteiger partial charge in [0.05, 0.1) is 29.6 Å². The van der Waals surface area contributed by atoms with Gasteiger partial charge in [-0.2, -0.15) is 0 Å². The standard InChI is InChI=1S/C27H30N6OS/c28-27-29-17-25-26(30-27)24(19-35-25)21-2-1-3-23(16-21)33-10-8-32(9-11-33)22-6-4-20(5-7-22)18-31-12-14-34-15-13-31/h1-7,16-17,19H,8-15,18H2,(H2,28,29,30). The Balaban J connectivity index is 1.11. The molecule has 0 atom stereocenters. The van der Waals surface area contributed by atoms with Gasteiger partial charge in [0.1, 0.15) is 0 Å². The SMILES string of the molecule is Nc1ncc2scc(-c3cccc(N4CCN(c5ccc(CN6CCOCC6)cc5)CC4)c3)c2n1. The van der Waals surface area contributed by atoms with E-state index in [9.17, 15) is 0 Å². The van der Waals surface area contributed by atoms with E-state index in [0.717, 1.165) is 74.8 Å². The van der Waals surface area contributed by atoms with Crippen molar-refractivity contribution in [1.82, 2.24) is 14.9 Å². The summed E-state index contributed by atoms with van der Waals surface area (Å²) >= 11 is 1.66. The van der Waals surface area contributed by atoms with Crippen LogP contribution in [-0.4, -0.2) is 67.4 Å². The van der Waals surface area contributed by atoms with Gasteiger partial charge in [0, 0.05) is 68.1 Å². The molecule has 2 aromatic carbocycles. The van der Waals surface area contributed by atoms with Crippen LogP contribution in [0.1, 0.15) is 5.56 Å². The Morgan fingerprint density at radius 1 is 0.886 bits per heavy atom. The van der Waals surface area contributed by atoms with Crippen LogP contribution in [-0.2, 0) is 11.3 Å². The number of hydrogen-bond donors (Lipinski definition) is 1. The molecule has 2 fully saturated rings. The lowest BCUT2D eigenvalue weighted by Crippen LogP contribution is -2.46. The number of nitrogens with zero attached hydrogens (tertiary/aromatic N) is 5. The minimum Gasteiger partial charge on any atom is -0.379 e. The van der Waals surface area contributed by atoms with Crippen molar-refractivity contribution in [1.29, 1.82) is 0 Å². The third kappa shape index (κ3) is 4.82. The molecule has 0 spiro atoms. The Hall–Kier alpha value is -3.20. The molecule has 4 aromatic rings. The van der Waals surface area contributed by atoms with Gasteiger partial charge in [0.15, 0.2) is 0 Å². The molecule has 0 amide bonds. The second-order valence-electron chi connectivity index (χ2n) is 9.17. The first kappa shape index (κ1) is 22.3. The second-order valence-corrected chi connectivity index (χ2v) is 10.1. The van der Waals surface area contributed by atoms with Crippen LogP contribution in [0.15, 0.2) is 60.1 Å². The summed E-state index contributed by atoms with van der Waals surface area (Å²) in [7, 11) is 0. The number of hydrogen-bond acceptors (Lipinski definition) is 8. The Morgan fingerprint density at radius 2 is 1.63 bits per heavy atom. The summed E-state index contributed by atoms with van der Waals surface area (Å²) in [5, 5.41) is 2.15. The quantitative estimate of drug-likeness (QED) is 0.455. The maximum atomic E-state index is 5.85. The summed E-state index contributed by atoms with van der Waals surface area (Å²) in [6.45, 7) is 8.76. The number of nitrogen functional groups attached to an aromatic ring is 1. The molecule has 0 aliphatic carbocycles. The molecule has 0 bridgehead atoms. The lowest BCUT2D eigenvalue weighted by molar-refractivity contribution is 0.0342. The lowest BCUT2D eigenvalue weighted by atomic mass is 10.1. The van der Waals surface area contributed by atoms with E-state index >= 15 is 0 Å². The first-order valence-electron chi connectivity index (χ1n) is 12.2. The van der Waals surface area contributed by atoms with Gasteiger partial charge in [-0.3, -0.25) is 4.90 Å². The number of ether oxygens (including phenoxy) is 1. The van der Waals surface area contributed by atoms with Crippen molar-refractivity contribution in [2.75, 3.05) is 68.0 Å². The van der Waals surface area contributed by atoms with Crippen molar-refractivity contribution < 1.29 is 4.74 Å². The molecule has 2 aliphatic rings. The predicted molar refractivity (Wildman–Crippen MR) is 144 cm³/mol. The number of fused-ring (bicyclic) bond motifs is 1. The number of anilines is 3. The highest BCUT2D eigenvalue weighted by Gasteiger charge is 2.19. The Kier molecular flexibility index (Phi) is 6.24. The van der Waals surface area contributed by atoms with Crippen molar-refractivity contribution >= 4 is 38.9 Å². The lowest BCUT2D eigenvalue weighted by Gasteiger charge is -2.37. The van der Waals surface area contributed by atoms with Crippen LogP contribution >= 0.6 is 11.3 Å². The van der Waals surface area contributed by atoms with Crippen LogP contribution in [0.4, 0.5) is 17.3 Å². The van der Waals surface area contributed by atoms with Crippen LogP contribution in [0.2, 0.25) is 0 Å². The molecular weight excluding hydrogens is 456 g/mol. The van der Waals surface area contributed by atoms with Gasteiger partial charge >= 0.3 is 0 Å². The fraction of sp³-hybridized carbons (Fsp3) is 0.333. The summed E-state index contributed by atoms with van der Waals surface area (Å²) in [4.78, 5) is 16.0. The summed E-state index contributed by atoms with van der Waals surface area (Å²) in [5.41, 5.74) is 13.0. The third-order valence-electron chi connectivity index (χ3n) is 6.95. The molecule has 0 unspecified atom stereocenters. The molecule has 2 N–H and O–H groups in total. The Labute approximate surface area is 209 Å². The molecule has 2 aromatic heterocycles. The normalized spacial score (nSPS) is 17.3. The van der Waals surface area contributed by atoms with Crippen molar-refractivity contribution in [3.63, 3.8) is 0 Å². The highest BCUT2D eigenvalue weighted by molar-refractivity contribution is 7.17. The van der Waals surface area contributed by atoms with Gasteiger partial charge in [-0.1, -0.05) is 24.3 Å². The van der Waals surface area contributed by atoms with E-state index < -0.39 is 0 Å². The molecule has 180 valence electrons. The smallest absolute Gasteiger partial charge is 0.220 e. The highest BCUT2D eigenvalue weighted by Crippen LogP contribution is 2.34. The van der Waals surface area contributed by atoms with Crippen LogP contribution in [0.25, 0.3) is 21.3 Å². The van der Waals surface area contributed by atoms with Gasteiger partial charge in [0.2, 0.25) is 5.95 Å². The van der Waals surface area contributed by atoms with Crippen molar-refractivity contribution in [3.05, 3.63) is 65.7 Å². The van der Waals surface area contributed by atoms with E-state index in [-0.39, 0.29) is 0 Å². The first-order valence-corrected chi connectivity index (χ1v) is 13.1. The average molecular weight is 487 g/mol. The molecule has 35 heavy (non-hydrogen) atoms. The molecule has 7 nitrogen and oxygen atoms in total. The summed E-state index contributed by atoms with van der Waals surface area (Å²) < 4.78 is 6.52. The molecule has 2 saturated heterocycles. The summed E-state index contributed by atoms with van der Waals surface area (Å²) in [6, 6.07) is 17.9. The zero-order valence-corrected chi connectivity index (χ0v) is 20.6. The predicted octanol–water partition coefficient (Wildman–Crippen LogP) is 4.10. The number of piperazine rings is 1. The van der Waals surface area contributed by atoms with Gasteiger partial charge in [0.25, 0.3) is 0 Å². The van der Waals surface area contributed by atoms with Crippen molar-refractivity contribution in [2.45, 2.75) is 6.54 Å². The summed E-state index contributed by atoms with van der Waals surface area (Å²) in [5.74, 6) is 0.318. The van der Waals surface area contributed by atoms with E-state index in [2.05, 4.69) is 78.6 Å². The number of nitrogens with two attached hydrogens (primary N) is 1. The molecule has 4 heterocycles. The fourth-order valence-corrected chi connectivity index (χ4v) is 5.84. The molecule has 2 aliphatic heterocycles. The summed E-state index contributed by atoms with van der Waals surface area (Å²) in [6.07, 6.45) is 1.81. The number of benzene rings is 2. The topological polar surface area (TPSA) is 70.8 Å². The zero-order chi connectivity index (χ0) is 23.6. The average Bonchev–Trinajstić information content (AvgIpc) is 3.33. The Bertz CT molecular complexity index is 1290. The first-order chi connectivity index (χ1) is 17.2. The monoisotopic (exact) mass is 486 g/mol. The minimum atomic E-state index is 0.318. The van der Waals surface area contributed by atoms with Crippen molar-refractivity contribution in [2.24, 2.45) is 0 Å². The highest BCUT2D eigenvalue weighted by atomic mass is 32.1. The van der Waals surface area contributed by atoms with Crippen LogP contribution in [0.5, 0.6) is 0 Å². The van der Waals surface area contributed by atoms with Crippen molar-refractivity contribution in [3.8, 4) is 11.1 Å². The number of morpholine rings is 1. The van der Waals surface area contributed by atoms with E-state index in [1.165, 1.54) is 22.5 Å². The van der Waals surface area contributed by atoms with Crippen LogP contribution < -0.4 is 15.5 Å². The molecule has 0 radical (unpaired) electrons. The third-order valence-corrected chi connectivity index (χ3v) is 7.85. The molecule has 8 heteroatoms. The zero-order valence-electron chi connectivity index (χ0n) is 19.8. The maximum Gasteiger partial charge on any atom is 0.220 e. The van der Waals surface area contributed by atoms with E-state index in [0.29, 0.717) is 5.95 Å². The van der Waals surface area contributed by atoms with Gasteiger partial charge in [-0.05, 0) is 35.4 Å². The van der Waals surface area contributed by atoms with E-state index in [1.807, 2.05) is 6.20 Å². The largest absolute Gasteiger partial charge is 0.379 e. The number of aromatic nitrogens is 2. The number of rotatable bonds is 5. The molecular formula is C27H30N6OS. The van der Waals surface area contributed by atoms with Crippen LogP contribution in [0, 0.1) is 0 Å². The molecule has 0 saturated carbocycles. The second kappa shape index (κ2) is 9.81. The van der Waals surface area contributed by atoms with E-state index in [4.69, 9.17) is 10.5 Å². The van der Waals surface area contributed by atoms with Gasteiger partial charge in [-0.25, -0.2) is 9.97 Å². The fourth-order valence-electron chi connectivity index (χ4n) is 4.97. The number of thiophene rings is 1. The van der Waals surface area contributed by atoms with Crippen LogP contribution in [0.3, 0.4) is 0 Å². The van der Waals surface area contributed by atoms with Gasteiger partial charge < -0.3 is 20.3 Å².